The van der Waals surface area contributed by atoms with Gasteiger partial charge >= 0.3 is 5.97 Å². The van der Waals surface area contributed by atoms with E-state index in [0.717, 1.165) is 28.8 Å². The molecule has 3 N–H and O–H groups in total. The molecule has 0 unspecified atom stereocenters. The minimum absolute atomic E-state index is 0.0472. The third-order valence-electron chi connectivity index (χ3n) is 4.60. The fraction of sp³-hybridized carbons (Fsp3) is 0.417. The highest BCUT2D eigenvalue weighted by atomic mass is 16.5. The van der Waals surface area contributed by atoms with E-state index < -0.39 is 11.4 Å². The number of anilines is 1. The van der Waals surface area contributed by atoms with Gasteiger partial charge in [-0.3, -0.25) is 9.59 Å². The Morgan fingerprint density at radius 2 is 1.97 bits per heavy atom. The maximum Gasteiger partial charge on any atom is 0.310 e. The summed E-state index contributed by atoms with van der Waals surface area (Å²) in [6.45, 7) is 10.1. The fourth-order valence-corrected chi connectivity index (χ4v) is 3.27. The molecule has 1 aromatic carbocycles. The Bertz CT molecular complexity index is 1020. The van der Waals surface area contributed by atoms with Gasteiger partial charge in [-0.25, -0.2) is 4.98 Å². The third kappa shape index (κ3) is 6.37. The molecule has 8 heteroatoms. The first-order valence-corrected chi connectivity index (χ1v) is 10.3. The number of rotatable bonds is 5. The molecular formula is C24H31N3O5. The molecule has 8 nitrogen and oxygen atoms in total. The van der Waals surface area contributed by atoms with Crippen LogP contribution in [0.25, 0.3) is 11.1 Å². The quantitative estimate of drug-likeness (QED) is 0.369. The summed E-state index contributed by atoms with van der Waals surface area (Å²) in [4.78, 5) is 28.5. The molecule has 0 saturated heterocycles. The van der Waals surface area contributed by atoms with E-state index in [9.17, 15) is 9.59 Å². The Morgan fingerprint density at radius 3 is 2.56 bits per heavy atom. The lowest BCUT2D eigenvalue weighted by atomic mass is 9.90. The van der Waals surface area contributed by atoms with Crippen molar-refractivity contribution >= 4 is 23.7 Å². The molecule has 2 aromatic rings. The first-order chi connectivity index (χ1) is 15.0. The number of methoxy groups -OCH3 is 1. The molecule has 0 spiro atoms. The van der Waals surface area contributed by atoms with E-state index in [-0.39, 0.29) is 18.1 Å². The fourth-order valence-electron chi connectivity index (χ4n) is 3.27. The number of aliphatic hydroxyl groups is 1. The zero-order valence-corrected chi connectivity index (χ0v) is 19.5. The summed E-state index contributed by atoms with van der Waals surface area (Å²) >= 11 is 0. The van der Waals surface area contributed by atoms with Crippen molar-refractivity contribution in [1.82, 2.24) is 4.98 Å². The summed E-state index contributed by atoms with van der Waals surface area (Å²) < 4.78 is 10.5. The first-order valence-electron chi connectivity index (χ1n) is 10.3. The molecule has 3 rings (SSSR count). The van der Waals surface area contributed by atoms with Crippen molar-refractivity contribution in [2.75, 3.05) is 25.6 Å². The Morgan fingerprint density at radius 1 is 1.31 bits per heavy atom. The van der Waals surface area contributed by atoms with Crippen LogP contribution >= 0.6 is 0 Å². The first kappa shape index (κ1) is 25.0. The van der Waals surface area contributed by atoms with Crippen molar-refractivity contribution in [1.29, 1.82) is 5.41 Å². The molecule has 1 aliphatic heterocycles. The lowest BCUT2D eigenvalue weighted by Gasteiger charge is -2.22. The molecule has 2 heterocycles. The van der Waals surface area contributed by atoms with E-state index in [1.807, 2.05) is 18.2 Å². The molecule has 1 aliphatic rings. The molecule has 32 heavy (non-hydrogen) atoms. The van der Waals surface area contributed by atoms with Gasteiger partial charge in [0.15, 0.2) is 0 Å². The van der Waals surface area contributed by atoms with E-state index in [1.165, 1.54) is 7.11 Å². The summed E-state index contributed by atoms with van der Waals surface area (Å²) in [7, 11) is 1.34. The number of nitrogens with zero attached hydrogens (tertiary/aromatic N) is 1. The van der Waals surface area contributed by atoms with Gasteiger partial charge in [-0.2, -0.15) is 0 Å². The second-order valence-electron chi connectivity index (χ2n) is 8.44. The number of Topliss-reactive ketones (excluding diaryl/α,β-unsaturated/α-hetero) is 1. The van der Waals surface area contributed by atoms with Crippen molar-refractivity contribution in [3.8, 4) is 16.9 Å². The van der Waals surface area contributed by atoms with E-state index in [4.69, 9.17) is 20.0 Å². The minimum Gasteiger partial charge on any atom is -0.490 e. The largest absolute Gasteiger partial charge is 0.490 e. The number of nitrogens with one attached hydrogen (secondary N) is 2. The summed E-state index contributed by atoms with van der Waals surface area (Å²) in [6.07, 6.45) is 0.798. The molecule has 0 bridgehead atoms. The predicted molar refractivity (Wildman–Crippen MR) is 124 cm³/mol. The van der Waals surface area contributed by atoms with Crippen LogP contribution in [-0.2, 0) is 16.0 Å². The smallest absolute Gasteiger partial charge is 0.310 e. The van der Waals surface area contributed by atoms with Crippen LogP contribution in [0.5, 0.6) is 5.75 Å². The summed E-state index contributed by atoms with van der Waals surface area (Å²) in [5, 5.41) is 19.1. The zero-order chi connectivity index (χ0) is 24.1. The Labute approximate surface area is 188 Å². The number of hydrogen-bond acceptors (Lipinski definition) is 8. The van der Waals surface area contributed by atoms with Gasteiger partial charge < -0.3 is 25.3 Å². The monoisotopic (exact) mass is 441 g/mol. The van der Waals surface area contributed by atoms with Gasteiger partial charge in [-0.1, -0.05) is 6.07 Å². The van der Waals surface area contributed by atoms with Gasteiger partial charge in [0.1, 0.15) is 18.1 Å². The maximum atomic E-state index is 12.2. The van der Waals surface area contributed by atoms with Crippen molar-refractivity contribution in [3.63, 3.8) is 0 Å². The number of benzene rings is 1. The highest BCUT2D eigenvalue weighted by Gasteiger charge is 2.22. The highest BCUT2D eigenvalue weighted by molar-refractivity contribution is 6.34. The number of carbonyl (C=O) groups excluding carboxylic acids is 2. The molecule has 0 saturated carbocycles. The zero-order valence-electron chi connectivity index (χ0n) is 19.5. The topological polar surface area (TPSA) is 122 Å². The number of ether oxygens (including phenoxy) is 2. The summed E-state index contributed by atoms with van der Waals surface area (Å²) in [6, 6.07) is 5.70. The van der Waals surface area contributed by atoms with Gasteiger partial charge in [-0.15, -0.1) is 0 Å². The molecular weight excluding hydrogens is 410 g/mol. The van der Waals surface area contributed by atoms with Gasteiger partial charge in [-0.05, 0) is 69.0 Å². The number of ketones is 1. The predicted octanol–water partition coefficient (Wildman–Crippen LogP) is 3.49. The van der Waals surface area contributed by atoms with E-state index in [2.05, 4.69) is 10.3 Å². The Hall–Kier alpha value is -3.26. The molecule has 0 aliphatic carbocycles. The van der Waals surface area contributed by atoms with Crippen molar-refractivity contribution < 1.29 is 24.2 Å². The SMILES string of the molecule is CC(C)(C)O.COC(=O)Cc1c(C)nc(C(=O)C=N)c(C)c1-c1ccc2c(c1)NCCO2. The van der Waals surface area contributed by atoms with Crippen LogP contribution in [0, 0.1) is 19.3 Å². The number of pyridine rings is 1. The number of aryl methyl sites for hydroxylation is 1. The van der Waals surface area contributed by atoms with E-state index in [1.54, 1.807) is 34.6 Å². The van der Waals surface area contributed by atoms with E-state index in [0.29, 0.717) is 30.0 Å². The normalized spacial score (nSPS) is 12.3. The van der Waals surface area contributed by atoms with Crippen LogP contribution in [0.15, 0.2) is 18.2 Å². The van der Waals surface area contributed by atoms with Gasteiger partial charge in [0, 0.05) is 12.2 Å². The van der Waals surface area contributed by atoms with Crippen molar-refractivity contribution in [3.05, 3.63) is 40.7 Å². The average Bonchev–Trinajstić information content (AvgIpc) is 2.74. The average molecular weight is 442 g/mol. The van der Waals surface area contributed by atoms with Gasteiger partial charge in [0.2, 0.25) is 5.78 Å². The molecule has 0 atom stereocenters. The maximum absolute atomic E-state index is 12.2. The van der Waals surface area contributed by atoms with Crippen LogP contribution in [0.1, 0.15) is 48.1 Å². The lowest BCUT2D eigenvalue weighted by Crippen LogP contribution is -2.18. The molecule has 1 aromatic heterocycles. The van der Waals surface area contributed by atoms with Crippen LogP contribution in [-0.4, -0.2) is 53.9 Å². The molecule has 172 valence electrons. The highest BCUT2D eigenvalue weighted by Crippen LogP contribution is 2.37. The summed E-state index contributed by atoms with van der Waals surface area (Å²) in [5.41, 5.74) is 4.07. The standard InChI is InChI=1S/C20H21N3O4.C4H10O/c1-11-19(13-4-5-17-15(8-13)22-6-7-27-17)14(9-18(25)26-3)12(2)23-20(11)16(24)10-21;1-4(2,3)5/h4-5,8,10,21-22H,6-7,9H2,1-3H3;5H,1-3H3. The number of carbonyl (C=O) groups is 2. The number of hydrogen-bond donors (Lipinski definition) is 3. The minimum atomic E-state index is -0.500. The second-order valence-corrected chi connectivity index (χ2v) is 8.44. The lowest BCUT2D eigenvalue weighted by molar-refractivity contribution is -0.139. The van der Waals surface area contributed by atoms with Crippen LogP contribution in [0.4, 0.5) is 5.69 Å². The number of fused-ring (bicyclic) bond motifs is 1. The summed E-state index contributed by atoms with van der Waals surface area (Å²) in [5.74, 6) is -0.0919. The van der Waals surface area contributed by atoms with Gasteiger partial charge in [0.05, 0.1) is 31.0 Å². The Balaban J connectivity index is 0.000000654. The Kier molecular flexibility index (Phi) is 8.10. The van der Waals surface area contributed by atoms with E-state index >= 15 is 0 Å². The van der Waals surface area contributed by atoms with Gasteiger partial charge in [0.25, 0.3) is 0 Å². The number of aromatic nitrogens is 1. The van der Waals surface area contributed by atoms with Crippen LogP contribution in [0.3, 0.4) is 0 Å². The van der Waals surface area contributed by atoms with Crippen LogP contribution < -0.4 is 10.1 Å². The molecule has 0 amide bonds. The molecule has 0 fully saturated rings. The van der Waals surface area contributed by atoms with Crippen LogP contribution in [0.2, 0.25) is 0 Å². The third-order valence-corrected chi connectivity index (χ3v) is 4.60. The second kappa shape index (κ2) is 10.4. The van der Waals surface area contributed by atoms with Crippen molar-refractivity contribution in [2.45, 2.75) is 46.6 Å². The number of esters is 1. The molecule has 0 radical (unpaired) electrons. The van der Waals surface area contributed by atoms with Crippen molar-refractivity contribution in [2.24, 2.45) is 0 Å².